The third kappa shape index (κ3) is 5.15. The van der Waals surface area contributed by atoms with Crippen molar-refractivity contribution in [2.75, 3.05) is 10.8 Å². The average molecular weight is 426 g/mol. The fourth-order valence-corrected chi connectivity index (χ4v) is 4.20. The molecule has 0 fully saturated rings. The minimum atomic E-state index is -3.95. The number of carbonyl (C=O) groups excluding carboxylic acids is 1. The normalized spacial score (nSPS) is 11.7. The van der Waals surface area contributed by atoms with Crippen LogP contribution in [0.25, 0.3) is 0 Å². The van der Waals surface area contributed by atoms with E-state index in [1.807, 2.05) is 12.1 Å². The second kappa shape index (κ2) is 9.41. The lowest BCUT2D eigenvalue weighted by molar-refractivity contribution is -0.119. The first-order valence-electron chi connectivity index (χ1n) is 9.41. The van der Waals surface area contributed by atoms with Crippen molar-refractivity contribution in [1.29, 1.82) is 0 Å². The van der Waals surface area contributed by atoms with Crippen molar-refractivity contribution in [2.45, 2.75) is 24.7 Å². The first-order chi connectivity index (χ1) is 14.4. The van der Waals surface area contributed by atoms with Crippen molar-refractivity contribution < 1.29 is 17.6 Å². The van der Waals surface area contributed by atoms with Gasteiger partial charge in [-0.3, -0.25) is 9.10 Å². The van der Waals surface area contributed by atoms with Crippen molar-refractivity contribution in [2.24, 2.45) is 5.10 Å². The van der Waals surface area contributed by atoms with Gasteiger partial charge in [0.2, 0.25) is 0 Å². The Labute approximate surface area is 176 Å². The van der Waals surface area contributed by atoms with E-state index in [0.717, 1.165) is 9.87 Å². The van der Waals surface area contributed by atoms with Gasteiger partial charge in [0.25, 0.3) is 15.9 Å². The van der Waals surface area contributed by atoms with Crippen LogP contribution in [0.2, 0.25) is 0 Å². The molecule has 0 saturated heterocycles. The predicted molar refractivity (Wildman–Crippen MR) is 116 cm³/mol. The molecule has 0 saturated carbocycles. The molecule has 3 rings (SSSR count). The fourth-order valence-electron chi connectivity index (χ4n) is 2.76. The minimum absolute atomic E-state index is 0.102. The Morgan fingerprint density at radius 3 is 2.37 bits per heavy atom. The number of nitrogens with one attached hydrogen (secondary N) is 1. The van der Waals surface area contributed by atoms with Crippen molar-refractivity contribution in [3.05, 3.63) is 84.3 Å². The van der Waals surface area contributed by atoms with Crippen LogP contribution in [-0.4, -0.2) is 27.1 Å². The van der Waals surface area contributed by atoms with Crippen LogP contribution >= 0.6 is 0 Å². The lowest BCUT2D eigenvalue weighted by Gasteiger charge is -2.24. The van der Waals surface area contributed by atoms with Gasteiger partial charge in [0.05, 0.1) is 23.1 Å². The molecule has 2 aromatic carbocycles. The molecule has 0 aliphatic rings. The van der Waals surface area contributed by atoms with Gasteiger partial charge in [0.15, 0.2) is 0 Å². The second-order valence-corrected chi connectivity index (χ2v) is 8.74. The molecule has 156 valence electrons. The van der Waals surface area contributed by atoms with E-state index in [9.17, 15) is 13.2 Å². The molecular formula is C22H23N3O4S. The lowest BCUT2D eigenvalue weighted by Crippen LogP contribution is -2.39. The molecular weight excluding hydrogens is 402 g/mol. The highest BCUT2D eigenvalue weighted by molar-refractivity contribution is 7.92. The van der Waals surface area contributed by atoms with Gasteiger partial charge in [-0.25, -0.2) is 13.8 Å². The van der Waals surface area contributed by atoms with Gasteiger partial charge in [-0.2, -0.15) is 5.10 Å². The Balaban J connectivity index is 1.86. The van der Waals surface area contributed by atoms with Gasteiger partial charge in [0, 0.05) is 0 Å². The standard InChI is InChI=1S/C22H23N3O4S/c1-17(2)18-10-12-19(13-11-18)25(30(27,28)21-8-4-3-5-9-21)16-22(26)24-23-15-20-7-6-14-29-20/h3-15,17H,16H2,1-2H3,(H,24,26)/b23-15-. The number of hydrazone groups is 1. The van der Waals surface area contributed by atoms with Crippen LogP contribution in [0.5, 0.6) is 0 Å². The van der Waals surface area contributed by atoms with E-state index in [2.05, 4.69) is 24.4 Å². The smallest absolute Gasteiger partial charge is 0.264 e. The number of benzene rings is 2. The Bertz CT molecular complexity index is 1090. The van der Waals surface area contributed by atoms with Crippen LogP contribution in [0.15, 0.2) is 87.4 Å². The summed E-state index contributed by atoms with van der Waals surface area (Å²) in [7, 11) is -3.95. The summed E-state index contributed by atoms with van der Waals surface area (Å²) in [4.78, 5) is 12.5. The molecule has 0 unspecified atom stereocenters. The molecule has 30 heavy (non-hydrogen) atoms. The molecule has 7 nitrogen and oxygen atoms in total. The maximum Gasteiger partial charge on any atom is 0.264 e. The Morgan fingerprint density at radius 2 is 1.77 bits per heavy atom. The number of furan rings is 1. The lowest BCUT2D eigenvalue weighted by atomic mass is 10.0. The molecule has 0 aliphatic carbocycles. The highest BCUT2D eigenvalue weighted by Crippen LogP contribution is 2.25. The summed E-state index contributed by atoms with van der Waals surface area (Å²) in [6.07, 6.45) is 2.82. The van der Waals surface area contributed by atoms with Crippen molar-refractivity contribution in [3.63, 3.8) is 0 Å². The van der Waals surface area contributed by atoms with Crippen LogP contribution in [0.1, 0.15) is 31.1 Å². The quantitative estimate of drug-likeness (QED) is 0.439. The van der Waals surface area contributed by atoms with Crippen LogP contribution in [0.3, 0.4) is 0 Å². The number of hydrogen-bond acceptors (Lipinski definition) is 5. The molecule has 1 heterocycles. The number of rotatable bonds is 8. The van der Waals surface area contributed by atoms with Gasteiger partial charge in [-0.05, 0) is 47.9 Å². The number of carbonyl (C=O) groups is 1. The van der Waals surface area contributed by atoms with Crippen molar-refractivity contribution in [1.82, 2.24) is 5.43 Å². The van der Waals surface area contributed by atoms with Gasteiger partial charge in [-0.15, -0.1) is 0 Å². The zero-order valence-electron chi connectivity index (χ0n) is 16.7. The van der Waals surface area contributed by atoms with Crippen LogP contribution in [0.4, 0.5) is 5.69 Å². The van der Waals surface area contributed by atoms with Gasteiger partial charge in [0.1, 0.15) is 12.3 Å². The minimum Gasteiger partial charge on any atom is -0.463 e. The maximum absolute atomic E-state index is 13.2. The van der Waals surface area contributed by atoms with Gasteiger partial charge in [-0.1, -0.05) is 44.2 Å². The highest BCUT2D eigenvalue weighted by atomic mass is 32.2. The highest BCUT2D eigenvalue weighted by Gasteiger charge is 2.27. The average Bonchev–Trinajstić information content (AvgIpc) is 3.26. The molecule has 0 aliphatic heterocycles. The number of nitrogens with zero attached hydrogens (tertiary/aromatic N) is 2. The first-order valence-corrected chi connectivity index (χ1v) is 10.8. The van der Waals surface area contributed by atoms with E-state index in [0.29, 0.717) is 17.4 Å². The molecule has 0 atom stereocenters. The number of sulfonamides is 1. The molecule has 0 bridgehead atoms. The number of amides is 1. The summed E-state index contributed by atoms with van der Waals surface area (Å²) >= 11 is 0. The Hall–Kier alpha value is -3.39. The predicted octanol–water partition coefficient (Wildman–Crippen LogP) is 3.75. The van der Waals surface area contributed by atoms with Gasteiger partial charge >= 0.3 is 0 Å². The van der Waals surface area contributed by atoms with Crippen molar-refractivity contribution >= 4 is 27.8 Å². The third-order valence-corrected chi connectivity index (χ3v) is 6.18. The molecule has 1 aromatic heterocycles. The van der Waals surface area contributed by atoms with E-state index >= 15 is 0 Å². The second-order valence-electron chi connectivity index (χ2n) is 6.88. The molecule has 0 radical (unpaired) electrons. The summed E-state index contributed by atoms with van der Waals surface area (Å²) in [5.41, 5.74) is 3.81. The van der Waals surface area contributed by atoms with Crippen LogP contribution < -0.4 is 9.73 Å². The van der Waals surface area contributed by atoms with Crippen LogP contribution in [0, 0.1) is 0 Å². The number of hydrogen-bond donors (Lipinski definition) is 1. The first kappa shape index (κ1) is 21.3. The molecule has 3 aromatic rings. The zero-order chi connectivity index (χ0) is 21.6. The van der Waals surface area contributed by atoms with Crippen molar-refractivity contribution in [3.8, 4) is 0 Å². The fraction of sp³-hybridized carbons (Fsp3) is 0.182. The summed E-state index contributed by atoms with van der Waals surface area (Å²) in [6.45, 7) is 3.68. The summed E-state index contributed by atoms with van der Waals surface area (Å²) in [5, 5.41) is 3.81. The number of anilines is 1. The Morgan fingerprint density at radius 1 is 1.07 bits per heavy atom. The van der Waals surface area contributed by atoms with E-state index in [1.165, 1.54) is 24.6 Å². The third-order valence-electron chi connectivity index (χ3n) is 4.39. The summed E-state index contributed by atoms with van der Waals surface area (Å²) in [5.74, 6) is 0.191. The zero-order valence-corrected chi connectivity index (χ0v) is 17.5. The van der Waals surface area contributed by atoms with E-state index in [-0.39, 0.29) is 4.90 Å². The molecule has 1 N–H and O–H groups in total. The van der Waals surface area contributed by atoms with E-state index < -0.39 is 22.5 Å². The van der Waals surface area contributed by atoms with Crippen LogP contribution in [-0.2, 0) is 14.8 Å². The largest absolute Gasteiger partial charge is 0.463 e. The SMILES string of the molecule is CC(C)c1ccc(N(CC(=O)N/N=C\c2ccco2)S(=O)(=O)c2ccccc2)cc1. The maximum atomic E-state index is 13.2. The molecule has 8 heteroatoms. The summed E-state index contributed by atoms with van der Waals surface area (Å²) in [6, 6.07) is 18.5. The van der Waals surface area contributed by atoms with Gasteiger partial charge < -0.3 is 4.42 Å². The monoisotopic (exact) mass is 425 g/mol. The molecule has 1 amide bonds. The summed E-state index contributed by atoms with van der Waals surface area (Å²) < 4.78 is 32.7. The van der Waals surface area contributed by atoms with E-state index in [1.54, 1.807) is 42.5 Å². The van der Waals surface area contributed by atoms with E-state index in [4.69, 9.17) is 4.42 Å². The molecule has 0 spiro atoms. The Kier molecular flexibility index (Phi) is 6.68. The topological polar surface area (TPSA) is 92.0 Å².